The van der Waals surface area contributed by atoms with Crippen LogP contribution < -0.4 is 10.1 Å². The van der Waals surface area contributed by atoms with E-state index in [4.69, 9.17) is 10.00 Å². The highest BCUT2D eigenvalue weighted by molar-refractivity contribution is 5.73. The molecule has 0 bridgehead atoms. The summed E-state index contributed by atoms with van der Waals surface area (Å²) in [4.78, 5) is 13.3. The largest absolute Gasteiger partial charge is 0.495 e. The summed E-state index contributed by atoms with van der Waals surface area (Å²) >= 11 is 0. The van der Waals surface area contributed by atoms with Gasteiger partial charge in [0.1, 0.15) is 11.8 Å². The number of nitrogens with one attached hydrogen (secondary N) is 1. The average molecular weight is 273 g/mol. The molecule has 1 heterocycles. The van der Waals surface area contributed by atoms with Gasteiger partial charge >= 0.3 is 0 Å². The van der Waals surface area contributed by atoms with Crippen molar-refractivity contribution in [2.45, 2.75) is 25.9 Å². The van der Waals surface area contributed by atoms with Crippen molar-refractivity contribution in [3.8, 4) is 11.8 Å². The van der Waals surface area contributed by atoms with E-state index in [1.54, 1.807) is 14.0 Å². The predicted octanol–water partition coefficient (Wildman–Crippen LogP) is 1.28. The molecule has 1 aromatic rings. The molecule has 2 rings (SSSR count). The van der Waals surface area contributed by atoms with Crippen molar-refractivity contribution in [1.29, 1.82) is 5.26 Å². The molecule has 106 valence electrons. The maximum Gasteiger partial charge on any atom is 0.217 e. The van der Waals surface area contributed by atoms with Gasteiger partial charge in [-0.2, -0.15) is 5.26 Å². The van der Waals surface area contributed by atoms with Crippen LogP contribution in [0.4, 0.5) is 0 Å². The average Bonchev–Trinajstić information content (AvgIpc) is 2.85. The number of hydrogen-bond acceptors (Lipinski definition) is 4. The number of rotatable bonds is 4. The molecule has 5 heteroatoms. The van der Waals surface area contributed by atoms with Crippen molar-refractivity contribution < 1.29 is 9.53 Å². The highest BCUT2D eigenvalue weighted by Gasteiger charge is 2.23. The maximum atomic E-state index is 11.0. The number of methoxy groups -OCH3 is 1. The van der Waals surface area contributed by atoms with Gasteiger partial charge in [0.25, 0.3) is 0 Å². The molecule has 20 heavy (non-hydrogen) atoms. The number of likely N-dealkylation sites (tertiary alicyclic amines) is 1. The quantitative estimate of drug-likeness (QED) is 0.897. The predicted molar refractivity (Wildman–Crippen MR) is 75.2 cm³/mol. The smallest absolute Gasteiger partial charge is 0.217 e. The Labute approximate surface area is 119 Å². The van der Waals surface area contributed by atoms with Crippen LogP contribution in [-0.2, 0) is 11.3 Å². The van der Waals surface area contributed by atoms with E-state index in [9.17, 15) is 4.79 Å². The highest BCUT2D eigenvalue weighted by Crippen LogP contribution is 2.21. The zero-order chi connectivity index (χ0) is 14.5. The van der Waals surface area contributed by atoms with Crippen molar-refractivity contribution in [2.24, 2.45) is 0 Å². The Morgan fingerprint density at radius 1 is 1.60 bits per heavy atom. The summed E-state index contributed by atoms with van der Waals surface area (Å²) in [5.41, 5.74) is 1.65. The molecule has 1 aliphatic rings. The molecule has 1 fully saturated rings. The topological polar surface area (TPSA) is 65.4 Å². The first-order valence-electron chi connectivity index (χ1n) is 6.69. The number of nitriles is 1. The van der Waals surface area contributed by atoms with Crippen molar-refractivity contribution in [1.82, 2.24) is 10.2 Å². The SMILES string of the molecule is COc1ccc(CN2CCC(NC(C)=O)C2)cc1C#N. The van der Waals surface area contributed by atoms with Crippen LogP contribution >= 0.6 is 0 Å². The number of nitrogens with zero attached hydrogens (tertiary/aromatic N) is 2. The molecule has 0 aliphatic carbocycles. The molecule has 0 spiro atoms. The fourth-order valence-corrected chi connectivity index (χ4v) is 2.58. The summed E-state index contributed by atoms with van der Waals surface area (Å²) in [6, 6.07) is 8.06. The Morgan fingerprint density at radius 2 is 2.40 bits per heavy atom. The van der Waals surface area contributed by atoms with E-state index < -0.39 is 0 Å². The third-order valence-corrected chi connectivity index (χ3v) is 3.47. The molecule has 1 N–H and O–H groups in total. The van der Waals surface area contributed by atoms with Crippen LogP contribution in [0.2, 0.25) is 0 Å². The van der Waals surface area contributed by atoms with E-state index in [2.05, 4.69) is 16.3 Å². The summed E-state index contributed by atoms with van der Waals surface area (Å²) in [6.45, 7) is 4.15. The minimum absolute atomic E-state index is 0.0214. The molecule has 1 aliphatic heterocycles. The van der Waals surface area contributed by atoms with Gasteiger partial charge in [-0.15, -0.1) is 0 Å². The Morgan fingerprint density at radius 3 is 3.05 bits per heavy atom. The number of carbonyl (C=O) groups is 1. The van der Waals surface area contributed by atoms with E-state index in [1.807, 2.05) is 18.2 Å². The van der Waals surface area contributed by atoms with Crippen LogP contribution in [0, 0.1) is 11.3 Å². The van der Waals surface area contributed by atoms with Crippen molar-refractivity contribution in [3.05, 3.63) is 29.3 Å². The highest BCUT2D eigenvalue weighted by atomic mass is 16.5. The van der Waals surface area contributed by atoms with Crippen LogP contribution in [0.15, 0.2) is 18.2 Å². The lowest BCUT2D eigenvalue weighted by Gasteiger charge is -2.17. The lowest BCUT2D eigenvalue weighted by molar-refractivity contribution is -0.119. The second kappa shape index (κ2) is 6.40. The normalized spacial score (nSPS) is 18.6. The van der Waals surface area contributed by atoms with Gasteiger partial charge in [-0.3, -0.25) is 9.69 Å². The number of ether oxygens (including phenoxy) is 1. The summed E-state index contributed by atoms with van der Waals surface area (Å²) in [5, 5.41) is 12.0. The van der Waals surface area contributed by atoms with Gasteiger partial charge in [0.2, 0.25) is 5.91 Å². The Balaban J connectivity index is 1.98. The van der Waals surface area contributed by atoms with Crippen LogP contribution in [0.1, 0.15) is 24.5 Å². The molecule has 0 saturated carbocycles. The molecule has 1 aromatic carbocycles. The van der Waals surface area contributed by atoms with Gasteiger partial charge in [-0.1, -0.05) is 6.07 Å². The third kappa shape index (κ3) is 3.49. The lowest BCUT2D eigenvalue weighted by Crippen LogP contribution is -2.35. The summed E-state index contributed by atoms with van der Waals surface area (Å²) in [7, 11) is 1.56. The van der Waals surface area contributed by atoms with Crippen LogP contribution in [0.5, 0.6) is 5.75 Å². The van der Waals surface area contributed by atoms with Gasteiger partial charge in [-0.05, 0) is 24.1 Å². The minimum Gasteiger partial charge on any atom is -0.495 e. The van der Waals surface area contributed by atoms with E-state index in [0.29, 0.717) is 11.3 Å². The molecule has 1 saturated heterocycles. The number of carbonyl (C=O) groups excluding carboxylic acids is 1. The molecule has 5 nitrogen and oxygen atoms in total. The molecule has 1 atom stereocenters. The zero-order valence-corrected chi connectivity index (χ0v) is 11.8. The molecule has 0 radical (unpaired) electrons. The zero-order valence-electron chi connectivity index (χ0n) is 11.8. The minimum atomic E-state index is 0.0214. The Bertz CT molecular complexity index is 536. The summed E-state index contributed by atoms with van der Waals surface area (Å²) < 4.78 is 5.14. The second-order valence-corrected chi connectivity index (χ2v) is 5.07. The van der Waals surface area contributed by atoms with Crippen LogP contribution in [-0.4, -0.2) is 37.0 Å². The van der Waals surface area contributed by atoms with Gasteiger partial charge < -0.3 is 10.1 Å². The van der Waals surface area contributed by atoms with E-state index in [0.717, 1.165) is 31.6 Å². The lowest BCUT2D eigenvalue weighted by atomic mass is 10.1. The number of hydrogen-bond donors (Lipinski definition) is 1. The molecular formula is C15H19N3O2. The monoisotopic (exact) mass is 273 g/mol. The second-order valence-electron chi connectivity index (χ2n) is 5.07. The standard InChI is InChI=1S/C15H19N3O2/c1-11(19)17-14-5-6-18(10-14)9-12-3-4-15(20-2)13(7-12)8-16/h3-4,7,14H,5-6,9-10H2,1-2H3,(H,17,19). The Kier molecular flexibility index (Phi) is 4.59. The first kappa shape index (κ1) is 14.4. The third-order valence-electron chi connectivity index (χ3n) is 3.47. The van der Waals surface area contributed by atoms with E-state index in [-0.39, 0.29) is 11.9 Å². The fraction of sp³-hybridized carbons (Fsp3) is 0.467. The van der Waals surface area contributed by atoms with Crippen molar-refractivity contribution in [2.75, 3.05) is 20.2 Å². The molecule has 0 aromatic heterocycles. The van der Waals surface area contributed by atoms with Crippen LogP contribution in [0.25, 0.3) is 0 Å². The van der Waals surface area contributed by atoms with Crippen molar-refractivity contribution >= 4 is 5.91 Å². The van der Waals surface area contributed by atoms with Gasteiger partial charge in [-0.25, -0.2) is 0 Å². The van der Waals surface area contributed by atoms with Gasteiger partial charge in [0.15, 0.2) is 0 Å². The first-order valence-corrected chi connectivity index (χ1v) is 6.69. The first-order chi connectivity index (χ1) is 9.62. The summed E-state index contributed by atoms with van der Waals surface area (Å²) in [5.74, 6) is 0.627. The van der Waals surface area contributed by atoms with Crippen molar-refractivity contribution in [3.63, 3.8) is 0 Å². The van der Waals surface area contributed by atoms with Crippen LogP contribution in [0.3, 0.4) is 0 Å². The number of amides is 1. The maximum absolute atomic E-state index is 11.0. The van der Waals surface area contributed by atoms with Gasteiger partial charge in [0, 0.05) is 32.6 Å². The fourth-order valence-electron chi connectivity index (χ4n) is 2.58. The Hall–Kier alpha value is -2.06. The summed E-state index contributed by atoms with van der Waals surface area (Å²) in [6.07, 6.45) is 0.973. The molecule has 1 unspecified atom stereocenters. The van der Waals surface area contributed by atoms with Gasteiger partial charge in [0.05, 0.1) is 12.7 Å². The van der Waals surface area contributed by atoms with E-state index in [1.165, 1.54) is 0 Å². The number of benzene rings is 1. The van der Waals surface area contributed by atoms with E-state index >= 15 is 0 Å². The molecule has 1 amide bonds. The molecular weight excluding hydrogens is 254 g/mol.